The van der Waals surface area contributed by atoms with Crippen LogP contribution in [0.1, 0.15) is 34.1 Å². The Morgan fingerprint density at radius 3 is 2.33 bits per heavy atom. The van der Waals surface area contributed by atoms with Gasteiger partial charge in [0.2, 0.25) is 0 Å². The van der Waals surface area contributed by atoms with E-state index in [-0.39, 0.29) is 11.9 Å². The third kappa shape index (κ3) is 3.80. The van der Waals surface area contributed by atoms with E-state index < -0.39 is 5.60 Å². The minimum atomic E-state index is -0.748. The molecular formula is C11H24N2O2. The molecule has 0 aliphatic rings. The summed E-state index contributed by atoms with van der Waals surface area (Å²) in [6.45, 7) is 8.24. The zero-order chi connectivity index (χ0) is 12.1. The van der Waals surface area contributed by atoms with E-state index in [1.165, 1.54) is 0 Å². The van der Waals surface area contributed by atoms with Crippen LogP contribution in [0.3, 0.4) is 0 Å². The predicted molar refractivity (Wildman–Crippen MR) is 61.5 cm³/mol. The quantitative estimate of drug-likeness (QED) is 0.693. The van der Waals surface area contributed by atoms with E-state index in [4.69, 9.17) is 10.5 Å². The van der Waals surface area contributed by atoms with Crippen LogP contribution in [0.15, 0.2) is 0 Å². The van der Waals surface area contributed by atoms with Gasteiger partial charge in [-0.2, -0.15) is 0 Å². The van der Waals surface area contributed by atoms with Gasteiger partial charge in [0.05, 0.1) is 0 Å². The molecule has 0 spiro atoms. The topological polar surface area (TPSA) is 64.3 Å². The first-order chi connectivity index (χ1) is 6.91. The Morgan fingerprint density at radius 2 is 2.07 bits per heavy atom. The number of rotatable bonds is 6. The molecule has 0 aromatic carbocycles. The van der Waals surface area contributed by atoms with Crippen molar-refractivity contribution in [2.24, 2.45) is 11.7 Å². The van der Waals surface area contributed by atoms with Crippen molar-refractivity contribution in [2.45, 2.75) is 45.8 Å². The molecule has 0 heterocycles. The molecule has 15 heavy (non-hydrogen) atoms. The Morgan fingerprint density at radius 1 is 1.53 bits per heavy atom. The molecule has 1 amide bonds. The molecule has 0 bridgehead atoms. The molecule has 2 atom stereocenters. The molecule has 0 aromatic heterocycles. The normalized spacial score (nSPS) is 17.3. The van der Waals surface area contributed by atoms with Crippen molar-refractivity contribution in [1.82, 2.24) is 5.32 Å². The standard InChI is InChI=1S/C11H24N2O2/c1-6-11(4,15-5)10(14)13-9(7-12)8(2)3/h8-9H,6-7,12H2,1-5H3,(H,13,14). The Balaban J connectivity index is 4.45. The van der Waals surface area contributed by atoms with E-state index in [2.05, 4.69) is 5.32 Å². The second-order valence-corrected chi connectivity index (χ2v) is 4.35. The Bertz CT molecular complexity index is 201. The molecule has 3 N–H and O–H groups in total. The summed E-state index contributed by atoms with van der Waals surface area (Å²) >= 11 is 0. The first kappa shape index (κ1) is 14.4. The number of amides is 1. The summed E-state index contributed by atoms with van der Waals surface area (Å²) in [4.78, 5) is 11.9. The molecule has 0 aliphatic carbocycles. The van der Waals surface area contributed by atoms with Gasteiger partial charge in [-0.1, -0.05) is 20.8 Å². The van der Waals surface area contributed by atoms with Crippen molar-refractivity contribution < 1.29 is 9.53 Å². The van der Waals surface area contributed by atoms with Crippen molar-refractivity contribution in [3.8, 4) is 0 Å². The summed E-state index contributed by atoms with van der Waals surface area (Å²) < 4.78 is 5.22. The maximum atomic E-state index is 11.9. The van der Waals surface area contributed by atoms with Crippen molar-refractivity contribution in [3.05, 3.63) is 0 Å². The molecular weight excluding hydrogens is 192 g/mol. The van der Waals surface area contributed by atoms with Gasteiger partial charge in [-0.25, -0.2) is 0 Å². The molecule has 0 rings (SSSR count). The molecule has 0 aromatic rings. The fourth-order valence-corrected chi connectivity index (χ4v) is 1.22. The van der Waals surface area contributed by atoms with Crippen LogP contribution in [0.5, 0.6) is 0 Å². The number of methoxy groups -OCH3 is 1. The van der Waals surface area contributed by atoms with Gasteiger partial charge < -0.3 is 15.8 Å². The van der Waals surface area contributed by atoms with Crippen molar-refractivity contribution in [2.75, 3.05) is 13.7 Å². The number of carbonyl (C=O) groups excluding carboxylic acids is 1. The van der Waals surface area contributed by atoms with Crippen LogP contribution in [0.4, 0.5) is 0 Å². The summed E-state index contributed by atoms with van der Waals surface area (Å²) in [6, 6.07) is 0.0125. The van der Waals surface area contributed by atoms with Crippen LogP contribution in [0.25, 0.3) is 0 Å². The van der Waals surface area contributed by atoms with Crippen LogP contribution in [-0.4, -0.2) is 31.2 Å². The molecule has 4 nitrogen and oxygen atoms in total. The molecule has 2 unspecified atom stereocenters. The van der Waals surface area contributed by atoms with Gasteiger partial charge >= 0.3 is 0 Å². The van der Waals surface area contributed by atoms with E-state index in [9.17, 15) is 4.79 Å². The average molecular weight is 216 g/mol. The minimum Gasteiger partial charge on any atom is -0.369 e. The van der Waals surface area contributed by atoms with Crippen LogP contribution in [-0.2, 0) is 9.53 Å². The van der Waals surface area contributed by atoms with Gasteiger partial charge in [-0.05, 0) is 19.3 Å². The largest absolute Gasteiger partial charge is 0.369 e. The average Bonchev–Trinajstić information content (AvgIpc) is 2.23. The monoisotopic (exact) mass is 216 g/mol. The first-order valence-corrected chi connectivity index (χ1v) is 5.47. The van der Waals surface area contributed by atoms with E-state index in [0.29, 0.717) is 18.9 Å². The molecule has 4 heteroatoms. The summed E-state index contributed by atoms with van der Waals surface area (Å²) in [6.07, 6.45) is 0.644. The zero-order valence-corrected chi connectivity index (χ0v) is 10.5. The van der Waals surface area contributed by atoms with E-state index in [1.807, 2.05) is 20.8 Å². The lowest BCUT2D eigenvalue weighted by molar-refractivity contribution is -0.142. The van der Waals surface area contributed by atoms with Crippen LogP contribution >= 0.6 is 0 Å². The Kier molecular flexibility index (Phi) is 5.83. The smallest absolute Gasteiger partial charge is 0.252 e. The highest BCUT2D eigenvalue weighted by molar-refractivity contribution is 5.85. The van der Waals surface area contributed by atoms with Gasteiger partial charge in [0.1, 0.15) is 5.60 Å². The van der Waals surface area contributed by atoms with Crippen LogP contribution < -0.4 is 11.1 Å². The first-order valence-electron chi connectivity index (χ1n) is 5.47. The van der Waals surface area contributed by atoms with Crippen LogP contribution in [0.2, 0.25) is 0 Å². The van der Waals surface area contributed by atoms with Gasteiger partial charge in [0, 0.05) is 19.7 Å². The maximum absolute atomic E-state index is 11.9. The molecule has 0 fully saturated rings. The van der Waals surface area contributed by atoms with Crippen LogP contribution in [0, 0.1) is 5.92 Å². The van der Waals surface area contributed by atoms with Gasteiger partial charge in [-0.15, -0.1) is 0 Å². The lowest BCUT2D eigenvalue weighted by Gasteiger charge is -2.29. The number of ether oxygens (including phenoxy) is 1. The Hall–Kier alpha value is -0.610. The number of nitrogens with two attached hydrogens (primary N) is 1. The van der Waals surface area contributed by atoms with E-state index in [0.717, 1.165) is 0 Å². The lowest BCUT2D eigenvalue weighted by atomic mass is 9.99. The maximum Gasteiger partial charge on any atom is 0.252 e. The summed E-state index contributed by atoms with van der Waals surface area (Å²) in [7, 11) is 1.55. The number of hydrogen-bond acceptors (Lipinski definition) is 3. The number of carbonyl (C=O) groups is 1. The lowest BCUT2D eigenvalue weighted by Crippen LogP contribution is -2.52. The molecule has 0 radical (unpaired) electrons. The minimum absolute atomic E-state index is 0.0125. The molecule has 90 valence electrons. The predicted octanol–water partition coefficient (Wildman–Crippen LogP) is 0.901. The number of nitrogens with one attached hydrogen (secondary N) is 1. The highest BCUT2D eigenvalue weighted by atomic mass is 16.5. The van der Waals surface area contributed by atoms with E-state index >= 15 is 0 Å². The second-order valence-electron chi connectivity index (χ2n) is 4.35. The fraction of sp³-hybridized carbons (Fsp3) is 0.909. The summed E-state index contributed by atoms with van der Waals surface area (Å²) in [5.41, 5.74) is 4.84. The SMILES string of the molecule is CCC(C)(OC)C(=O)NC(CN)C(C)C. The molecule has 0 saturated heterocycles. The third-order valence-electron chi connectivity index (χ3n) is 2.98. The van der Waals surface area contributed by atoms with Gasteiger partial charge in [0.15, 0.2) is 0 Å². The van der Waals surface area contributed by atoms with Gasteiger partial charge in [-0.3, -0.25) is 4.79 Å². The molecule has 0 saturated carbocycles. The zero-order valence-electron chi connectivity index (χ0n) is 10.5. The van der Waals surface area contributed by atoms with Gasteiger partial charge in [0.25, 0.3) is 5.91 Å². The van der Waals surface area contributed by atoms with E-state index in [1.54, 1.807) is 14.0 Å². The van der Waals surface area contributed by atoms with Crippen molar-refractivity contribution in [3.63, 3.8) is 0 Å². The third-order valence-corrected chi connectivity index (χ3v) is 2.98. The fourth-order valence-electron chi connectivity index (χ4n) is 1.22. The molecule has 0 aliphatic heterocycles. The number of hydrogen-bond donors (Lipinski definition) is 2. The highest BCUT2D eigenvalue weighted by Gasteiger charge is 2.32. The second kappa shape index (κ2) is 6.08. The highest BCUT2D eigenvalue weighted by Crippen LogP contribution is 2.14. The van der Waals surface area contributed by atoms with Crippen molar-refractivity contribution >= 4 is 5.91 Å². The summed E-state index contributed by atoms with van der Waals surface area (Å²) in [5.74, 6) is 0.244. The Labute approximate surface area is 92.6 Å². The van der Waals surface area contributed by atoms with Crippen molar-refractivity contribution in [1.29, 1.82) is 0 Å². The summed E-state index contributed by atoms with van der Waals surface area (Å²) in [5, 5.41) is 2.92.